The van der Waals surface area contributed by atoms with E-state index in [1.54, 1.807) is 35.2 Å². The molecule has 9 nitrogen and oxygen atoms in total. The Kier molecular flexibility index (Phi) is 6.95. The molecule has 1 fully saturated rings. The fourth-order valence-electron chi connectivity index (χ4n) is 4.28. The lowest BCUT2D eigenvalue weighted by Gasteiger charge is -2.34. The van der Waals surface area contributed by atoms with Crippen LogP contribution in [0.3, 0.4) is 0 Å². The molecule has 2 heterocycles. The number of hydrogen-bond acceptors (Lipinski definition) is 7. The molecular weight excluding hydrogens is 496 g/mol. The summed E-state index contributed by atoms with van der Waals surface area (Å²) in [7, 11) is -3.56. The van der Waals surface area contributed by atoms with E-state index in [2.05, 4.69) is 28.4 Å². The van der Waals surface area contributed by atoms with Crippen molar-refractivity contribution in [1.82, 2.24) is 24.1 Å². The molecule has 5 rings (SSSR count). The Morgan fingerprint density at radius 3 is 2.36 bits per heavy atom. The van der Waals surface area contributed by atoms with E-state index < -0.39 is 10.0 Å². The van der Waals surface area contributed by atoms with Gasteiger partial charge in [0.1, 0.15) is 0 Å². The first-order valence-electron chi connectivity index (χ1n) is 11.6. The highest BCUT2D eigenvalue weighted by atomic mass is 32.2. The van der Waals surface area contributed by atoms with Crippen molar-refractivity contribution in [2.75, 3.05) is 37.8 Å². The minimum absolute atomic E-state index is 0.0876. The molecule has 1 amide bonds. The zero-order chi connectivity index (χ0) is 25.1. The molecule has 0 saturated carbocycles. The predicted molar refractivity (Wildman–Crippen MR) is 139 cm³/mol. The number of carbonyl (C=O) groups excluding carboxylic acids is 1. The Bertz CT molecular complexity index is 1480. The van der Waals surface area contributed by atoms with Crippen LogP contribution < -0.4 is 5.84 Å². The van der Waals surface area contributed by atoms with Gasteiger partial charge in [0.2, 0.25) is 21.1 Å². The van der Waals surface area contributed by atoms with Crippen LogP contribution in [-0.2, 0) is 21.2 Å². The number of hydrogen-bond donors (Lipinski definition) is 1. The van der Waals surface area contributed by atoms with Crippen molar-refractivity contribution in [2.45, 2.75) is 16.5 Å². The maximum atomic E-state index is 12.8. The third-order valence-corrected chi connectivity index (χ3v) is 9.10. The van der Waals surface area contributed by atoms with Crippen LogP contribution in [0, 0.1) is 0 Å². The van der Waals surface area contributed by atoms with Crippen molar-refractivity contribution in [1.29, 1.82) is 0 Å². The van der Waals surface area contributed by atoms with Crippen LogP contribution in [0.2, 0.25) is 0 Å². The van der Waals surface area contributed by atoms with E-state index in [9.17, 15) is 13.2 Å². The molecule has 1 aliphatic heterocycles. The number of carbonyl (C=O) groups is 1. The van der Waals surface area contributed by atoms with Gasteiger partial charge < -0.3 is 10.7 Å². The molecule has 3 aromatic carbocycles. The van der Waals surface area contributed by atoms with Crippen LogP contribution in [0.25, 0.3) is 10.8 Å². The third-order valence-electron chi connectivity index (χ3n) is 6.26. The zero-order valence-corrected chi connectivity index (χ0v) is 21.2. The first-order valence-corrected chi connectivity index (χ1v) is 14.0. The zero-order valence-electron chi connectivity index (χ0n) is 19.5. The maximum Gasteiger partial charge on any atom is 0.243 e. The van der Waals surface area contributed by atoms with Gasteiger partial charge in [0.25, 0.3) is 0 Å². The van der Waals surface area contributed by atoms with Crippen LogP contribution in [-0.4, -0.2) is 70.3 Å². The Hall–Kier alpha value is -3.41. The lowest BCUT2D eigenvalue weighted by Crippen LogP contribution is -2.50. The molecule has 0 bridgehead atoms. The van der Waals surface area contributed by atoms with Crippen LogP contribution in [0.4, 0.5) is 0 Å². The molecule has 186 valence electrons. The largest absolute Gasteiger partial charge is 0.339 e. The molecule has 1 saturated heterocycles. The molecule has 1 aliphatic rings. The lowest BCUT2D eigenvalue weighted by atomic mass is 10.0. The van der Waals surface area contributed by atoms with E-state index in [0.717, 1.165) is 16.3 Å². The van der Waals surface area contributed by atoms with Crippen molar-refractivity contribution in [3.05, 3.63) is 84.2 Å². The van der Waals surface area contributed by atoms with Crippen molar-refractivity contribution >= 4 is 38.5 Å². The predicted octanol–water partition coefficient (Wildman–Crippen LogP) is 2.36. The summed E-state index contributed by atoms with van der Waals surface area (Å²) in [5, 5.41) is 11.2. The van der Waals surface area contributed by atoms with Gasteiger partial charge in [-0.15, -0.1) is 10.2 Å². The number of thioether (sulfide) groups is 1. The van der Waals surface area contributed by atoms with Crippen LogP contribution in [0.5, 0.6) is 0 Å². The molecule has 4 aromatic rings. The second-order valence-electron chi connectivity index (χ2n) is 8.47. The summed E-state index contributed by atoms with van der Waals surface area (Å²) < 4.78 is 28.5. The highest BCUT2D eigenvalue weighted by molar-refractivity contribution is 7.99. The molecule has 1 aromatic heterocycles. The number of amides is 1. The van der Waals surface area contributed by atoms with Gasteiger partial charge in [0.05, 0.1) is 10.6 Å². The molecule has 0 unspecified atom stereocenters. The second-order valence-corrected chi connectivity index (χ2v) is 11.4. The number of rotatable bonds is 7. The topological polar surface area (TPSA) is 114 Å². The van der Waals surface area contributed by atoms with Gasteiger partial charge in [0.15, 0.2) is 5.82 Å². The van der Waals surface area contributed by atoms with Gasteiger partial charge in [0, 0.05) is 32.6 Å². The van der Waals surface area contributed by atoms with Gasteiger partial charge in [-0.1, -0.05) is 72.4 Å². The Morgan fingerprint density at radius 1 is 0.889 bits per heavy atom. The number of nitrogens with zero attached hydrogens (tertiary/aromatic N) is 5. The number of fused-ring (bicyclic) bond motifs is 1. The van der Waals surface area contributed by atoms with Crippen LogP contribution >= 0.6 is 11.8 Å². The van der Waals surface area contributed by atoms with E-state index in [1.807, 2.05) is 24.3 Å². The van der Waals surface area contributed by atoms with Gasteiger partial charge in [-0.2, -0.15) is 4.31 Å². The number of nitrogens with two attached hydrogens (primary N) is 1. The summed E-state index contributed by atoms with van der Waals surface area (Å²) in [5.74, 6) is 6.93. The average Bonchev–Trinajstić information content (AvgIpc) is 3.26. The molecule has 0 spiro atoms. The highest BCUT2D eigenvalue weighted by Gasteiger charge is 2.30. The van der Waals surface area contributed by atoms with Crippen molar-refractivity contribution in [2.24, 2.45) is 0 Å². The fraction of sp³-hybridized carbons (Fsp3) is 0.240. The van der Waals surface area contributed by atoms with Gasteiger partial charge in [-0.3, -0.25) is 4.79 Å². The maximum absolute atomic E-state index is 12.8. The van der Waals surface area contributed by atoms with E-state index >= 15 is 0 Å². The number of aromatic nitrogens is 3. The molecular formula is C25H26N6O3S2. The minimum Gasteiger partial charge on any atom is -0.339 e. The van der Waals surface area contributed by atoms with Crippen molar-refractivity contribution < 1.29 is 13.2 Å². The standard InChI is InChI=1S/C25H26N6O3S2/c26-31-23(17-20-9-6-8-19-7-4-5-12-22(19)20)27-28-25(31)35-18-24(32)29-13-15-30(16-14-29)36(33,34)21-10-2-1-3-11-21/h1-12H,13-18,26H2. The van der Waals surface area contributed by atoms with E-state index in [4.69, 9.17) is 5.84 Å². The van der Waals surface area contributed by atoms with E-state index in [1.165, 1.54) is 20.7 Å². The lowest BCUT2D eigenvalue weighted by molar-refractivity contribution is -0.129. The summed E-state index contributed by atoms with van der Waals surface area (Å²) in [6.07, 6.45) is 0.525. The summed E-state index contributed by atoms with van der Waals surface area (Å²) in [4.78, 5) is 14.7. The first kappa shape index (κ1) is 24.3. The summed E-state index contributed by atoms with van der Waals surface area (Å²) in [6.45, 7) is 1.20. The number of sulfonamides is 1. The smallest absolute Gasteiger partial charge is 0.243 e. The summed E-state index contributed by atoms with van der Waals surface area (Å²) in [6, 6.07) is 22.6. The summed E-state index contributed by atoms with van der Waals surface area (Å²) >= 11 is 1.23. The molecule has 36 heavy (non-hydrogen) atoms. The third kappa shape index (κ3) is 4.95. The monoisotopic (exact) mass is 522 g/mol. The number of benzene rings is 3. The van der Waals surface area contributed by atoms with Crippen molar-refractivity contribution in [3.63, 3.8) is 0 Å². The summed E-state index contributed by atoms with van der Waals surface area (Å²) in [5.41, 5.74) is 1.10. The van der Waals surface area contributed by atoms with Gasteiger partial charge >= 0.3 is 0 Å². The van der Waals surface area contributed by atoms with Gasteiger partial charge in [-0.25, -0.2) is 13.1 Å². The number of piperazine rings is 1. The van der Waals surface area contributed by atoms with Crippen molar-refractivity contribution in [3.8, 4) is 0 Å². The number of nitrogen functional groups attached to an aromatic ring is 1. The average molecular weight is 523 g/mol. The van der Waals surface area contributed by atoms with Crippen LogP contribution in [0.15, 0.2) is 82.8 Å². The molecule has 0 aliphatic carbocycles. The Balaban J connectivity index is 1.17. The van der Waals surface area contributed by atoms with E-state index in [-0.39, 0.29) is 29.6 Å². The Labute approximate surface area is 213 Å². The van der Waals surface area contributed by atoms with E-state index in [0.29, 0.717) is 30.5 Å². The minimum atomic E-state index is -3.56. The molecule has 0 radical (unpaired) electrons. The normalized spacial score (nSPS) is 14.8. The Morgan fingerprint density at radius 2 is 1.58 bits per heavy atom. The van der Waals surface area contributed by atoms with Crippen LogP contribution in [0.1, 0.15) is 11.4 Å². The fourth-order valence-corrected chi connectivity index (χ4v) is 6.50. The quantitative estimate of drug-likeness (QED) is 0.293. The molecule has 2 N–H and O–H groups in total. The van der Waals surface area contributed by atoms with Gasteiger partial charge in [-0.05, 0) is 28.5 Å². The first-order chi connectivity index (χ1) is 17.4. The molecule has 11 heteroatoms. The molecule has 0 atom stereocenters. The SMILES string of the molecule is Nn1c(Cc2cccc3ccccc23)nnc1SCC(=O)N1CCN(S(=O)(=O)c2ccccc2)CC1. The highest BCUT2D eigenvalue weighted by Crippen LogP contribution is 2.23. The second kappa shape index (κ2) is 10.3.